The van der Waals surface area contributed by atoms with Crippen LogP contribution in [-0.4, -0.2) is 21.2 Å². The van der Waals surface area contributed by atoms with Gasteiger partial charge in [0.2, 0.25) is 17.7 Å². The minimum atomic E-state index is -0.513. The monoisotopic (exact) mass is 463 g/mol. The van der Waals surface area contributed by atoms with Crippen LogP contribution in [0.3, 0.4) is 0 Å². The predicted octanol–water partition coefficient (Wildman–Crippen LogP) is 5.74. The number of nitrogens with zero attached hydrogens (tertiary/aromatic N) is 2. The van der Waals surface area contributed by atoms with Crippen molar-refractivity contribution in [3.63, 3.8) is 0 Å². The molecule has 0 spiro atoms. The zero-order chi connectivity index (χ0) is 24.2. The van der Waals surface area contributed by atoms with Gasteiger partial charge in [-0.25, -0.2) is 0 Å². The summed E-state index contributed by atoms with van der Waals surface area (Å²) in [5.41, 5.74) is 3.54. The Morgan fingerprint density at radius 3 is 2.46 bits per heavy atom. The molecular formula is C29H25N3O3. The van der Waals surface area contributed by atoms with Gasteiger partial charge in [0.05, 0.1) is 6.04 Å². The van der Waals surface area contributed by atoms with E-state index in [0.29, 0.717) is 23.8 Å². The first kappa shape index (κ1) is 22.3. The van der Waals surface area contributed by atoms with Crippen molar-refractivity contribution >= 4 is 16.7 Å². The number of carbonyl (C=O) groups is 1. The summed E-state index contributed by atoms with van der Waals surface area (Å²) in [4.78, 5) is 13.1. The van der Waals surface area contributed by atoms with Crippen LogP contribution >= 0.6 is 0 Å². The van der Waals surface area contributed by atoms with Crippen LogP contribution in [0.25, 0.3) is 22.2 Å². The first-order valence-electron chi connectivity index (χ1n) is 11.5. The summed E-state index contributed by atoms with van der Waals surface area (Å²) in [6, 6.07) is 28.3. The minimum absolute atomic E-state index is 0.137. The molecule has 0 bridgehead atoms. The molecule has 0 fully saturated rings. The fourth-order valence-electron chi connectivity index (χ4n) is 4.18. The highest BCUT2D eigenvalue weighted by molar-refractivity contribution is 5.89. The molecule has 1 heterocycles. The van der Waals surface area contributed by atoms with Crippen LogP contribution in [0.1, 0.15) is 35.0 Å². The van der Waals surface area contributed by atoms with Crippen molar-refractivity contribution in [2.24, 2.45) is 0 Å². The molecule has 174 valence electrons. The summed E-state index contributed by atoms with van der Waals surface area (Å²) >= 11 is 0. The number of phenolic OH excluding ortho intramolecular Hbond substituents is 1. The van der Waals surface area contributed by atoms with E-state index in [1.54, 1.807) is 6.07 Å². The molecular weight excluding hydrogens is 438 g/mol. The molecule has 4 aromatic carbocycles. The molecule has 35 heavy (non-hydrogen) atoms. The molecule has 1 unspecified atom stereocenters. The summed E-state index contributed by atoms with van der Waals surface area (Å²) in [5, 5.41) is 24.0. The van der Waals surface area contributed by atoms with Crippen molar-refractivity contribution in [2.75, 3.05) is 0 Å². The standard InChI is InChI=1S/C29H25N3O3/c1-19-11-13-22(14-12-19)29-32-31-26(35-29)18-17-25(34)30-28(21-8-3-2-4-9-21)27-23-10-6-5-7-20(23)15-16-24(27)33/h2-16,28,33H,17-18H2,1H3,(H,30,34). The van der Waals surface area contributed by atoms with Gasteiger partial charge in [-0.3, -0.25) is 4.79 Å². The third-order valence-electron chi connectivity index (χ3n) is 6.01. The number of aromatic nitrogens is 2. The van der Waals surface area contributed by atoms with E-state index < -0.39 is 6.04 Å². The number of phenols is 1. The zero-order valence-corrected chi connectivity index (χ0v) is 19.3. The Bertz CT molecular complexity index is 1460. The van der Waals surface area contributed by atoms with Gasteiger partial charge in [0.15, 0.2) is 0 Å². The maximum absolute atomic E-state index is 13.1. The number of nitrogens with one attached hydrogen (secondary N) is 1. The molecule has 1 amide bonds. The normalized spacial score (nSPS) is 11.9. The average Bonchev–Trinajstić information content (AvgIpc) is 3.36. The minimum Gasteiger partial charge on any atom is -0.508 e. The van der Waals surface area contributed by atoms with E-state index in [9.17, 15) is 9.90 Å². The number of hydrogen-bond donors (Lipinski definition) is 2. The van der Waals surface area contributed by atoms with E-state index in [2.05, 4.69) is 15.5 Å². The van der Waals surface area contributed by atoms with Gasteiger partial charge in [-0.1, -0.05) is 78.4 Å². The summed E-state index contributed by atoms with van der Waals surface area (Å²) in [6.07, 6.45) is 0.484. The molecule has 0 saturated heterocycles. The number of amides is 1. The Hall–Kier alpha value is -4.45. The third-order valence-corrected chi connectivity index (χ3v) is 6.01. The van der Waals surface area contributed by atoms with Gasteiger partial charge in [-0.2, -0.15) is 0 Å². The molecule has 0 aliphatic carbocycles. The maximum atomic E-state index is 13.1. The molecule has 0 aliphatic heterocycles. The number of benzene rings is 4. The number of hydrogen-bond acceptors (Lipinski definition) is 5. The predicted molar refractivity (Wildman–Crippen MR) is 135 cm³/mol. The molecule has 1 aromatic heterocycles. The average molecular weight is 464 g/mol. The Balaban J connectivity index is 1.36. The molecule has 0 radical (unpaired) electrons. The van der Waals surface area contributed by atoms with Gasteiger partial charge in [0.25, 0.3) is 0 Å². The summed E-state index contributed by atoms with van der Waals surface area (Å²) in [7, 11) is 0. The summed E-state index contributed by atoms with van der Waals surface area (Å²) in [5.74, 6) is 0.794. The molecule has 6 nitrogen and oxygen atoms in total. The van der Waals surface area contributed by atoms with Gasteiger partial charge in [0, 0.05) is 24.0 Å². The third kappa shape index (κ3) is 4.92. The second-order valence-corrected chi connectivity index (χ2v) is 8.50. The largest absolute Gasteiger partial charge is 0.508 e. The van der Waals surface area contributed by atoms with Crippen molar-refractivity contribution < 1.29 is 14.3 Å². The van der Waals surface area contributed by atoms with Crippen molar-refractivity contribution in [1.29, 1.82) is 0 Å². The van der Waals surface area contributed by atoms with E-state index in [1.165, 1.54) is 0 Å². The van der Waals surface area contributed by atoms with Crippen LogP contribution in [0.15, 0.2) is 95.4 Å². The summed E-state index contributed by atoms with van der Waals surface area (Å²) in [6.45, 7) is 2.02. The summed E-state index contributed by atoms with van der Waals surface area (Å²) < 4.78 is 5.77. The number of fused-ring (bicyclic) bond motifs is 1. The second kappa shape index (κ2) is 9.81. The number of aryl methyl sites for hydroxylation is 2. The first-order valence-corrected chi connectivity index (χ1v) is 11.5. The van der Waals surface area contributed by atoms with E-state index in [4.69, 9.17) is 4.42 Å². The topological polar surface area (TPSA) is 88.2 Å². The number of aromatic hydroxyl groups is 1. The number of rotatable bonds is 7. The molecule has 5 aromatic rings. The smallest absolute Gasteiger partial charge is 0.247 e. The highest BCUT2D eigenvalue weighted by atomic mass is 16.4. The van der Waals surface area contributed by atoms with E-state index in [0.717, 1.165) is 27.5 Å². The van der Waals surface area contributed by atoms with Crippen LogP contribution in [0.5, 0.6) is 5.75 Å². The van der Waals surface area contributed by atoms with Crippen LogP contribution in [0, 0.1) is 6.92 Å². The van der Waals surface area contributed by atoms with Crippen molar-refractivity contribution in [3.8, 4) is 17.2 Å². The van der Waals surface area contributed by atoms with Crippen LogP contribution in [0.4, 0.5) is 0 Å². The van der Waals surface area contributed by atoms with Crippen molar-refractivity contribution in [2.45, 2.75) is 25.8 Å². The fourth-order valence-corrected chi connectivity index (χ4v) is 4.18. The number of carbonyl (C=O) groups excluding carboxylic acids is 1. The zero-order valence-electron chi connectivity index (χ0n) is 19.3. The van der Waals surface area contributed by atoms with Crippen LogP contribution in [0.2, 0.25) is 0 Å². The maximum Gasteiger partial charge on any atom is 0.247 e. The Labute approximate surface area is 203 Å². The van der Waals surface area contributed by atoms with Gasteiger partial charge in [-0.05, 0) is 41.5 Å². The van der Waals surface area contributed by atoms with E-state index in [-0.39, 0.29) is 18.1 Å². The Morgan fingerprint density at radius 1 is 0.914 bits per heavy atom. The highest BCUT2D eigenvalue weighted by Crippen LogP contribution is 2.35. The highest BCUT2D eigenvalue weighted by Gasteiger charge is 2.23. The van der Waals surface area contributed by atoms with E-state index in [1.807, 2.05) is 91.9 Å². The van der Waals surface area contributed by atoms with Crippen LogP contribution in [-0.2, 0) is 11.2 Å². The van der Waals surface area contributed by atoms with Gasteiger partial charge in [-0.15, -0.1) is 10.2 Å². The van der Waals surface area contributed by atoms with Gasteiger partial charge in [0.1, 0.15) is 5.75 Å². The Morgan fingerprint density at radius 2 is 1.66 bits per heavy atom. The first-order chi connectivity index (χ1) is 17.1. The fraction of sp³-hybridized carbons (Fsp3) is 0.138. The molecule has 2 N–H and O–H groups in total. The molecule has 1 atom stereocenters. The van der Waals surface area contributed by atoms with Crippen LogP contribution < -0.4 is 5.32 Å². The second-order valence-electron chi connectivity index (χ2n) is 8.50. The lowest BCUT2D eigenvalue weighted by atomic mass is 9.92. The molecule has 5 rings (SSSR count). The molecule has 0 saturated carbocycles. The lowest BCUT2D eigenvalue weighted by Crippen LogP contribution is -2.29. The molecule has 6 heteroatoms. The lowest BCUT2D eigenvalue weighted by molar-refractivity contribution is -0.121. The van der Waals surface area contributed by atoms with E-state index >= 15 is 0 Å². The van der Waals surface area contributed by atoms with Crippen molar-refractivity contribution in [3.05, 3.63) is 114 Å². The van der Waals surface area contributed by atoms with Crippen molar-refractivity contribution in [1.82, 2.24) is 15.5 Å². The Kier molecular flexibility index (Phi) is 6.26. The molecule has 0 aliphatic rings. The lowest BCUT2D eigenvalue weighted by Gasteiger charge is -2.22. The van der Waals surface area contributed by atoms with Gasteiger partial charge >= 0.3 is 0 Å². The SMILES string of the molecule is Cc1ccc(-c2nnc(CCC(=O)NC(c3ccccc3)c3c(O)ccc4ccccc34)o2)cc1. The van der Waals surface area contributed by atoms with Gasteiger partial charge < -0.3 is 14.8 Å². The quantitative estimate of drug-likeness (QED) is 0.321.